The van der Waals surface area contributed by atoms with Gasteiger partial charge in [-0.25, -0.2) is 4.39 Å². The third-order valence-electron chi connectivity index (χ3n) is 2.07. The zero-order valence-corrected chi connectivity index (χ0v) is 10.5. The SMILES string of the molecule is CCN(C)Cc1cc(F)c(Br)cc1Cl. The van der Waals surface area contributed by atoms with Crippen molar-refractivity contribution in [2.75, 3.05) is 13.6 Å². The molecular formula is C10H12BrClFN. The molecule has 4 heteroatoms. The minimum atomic E-state index is -0.270. The maximum absolute atomic E-state index is 13.2. The Morgan fingerprint density at radius 2 is 2.14 bits per heavy atom. The highest BCUT2D eigenvalue weighted by molar-refractivity contribution is 9.10. The molecule has 78 valence electrons. The van der Waals surface area contributed by atoms with Gasteiger partial charge in [-0.05, 0) is 47.2 Å². The van der Waals surface area contributed by atoms with Gasteiger partial charge in [-0.15, -0.1) is 0 Å². The summed E-state index contributed by atoms with van der Waals surface area (Å²) in [6.07, 6.45) is 0. The van der Waals surface area contributed by atoms with Crippen LogP contribution >= 0.6 is 27.5 Å². The molecule has 0 fully saturated rings. The Balaban J connectivity index is 2.92. The van der Waals surface area contributed by atoms with Crippen molar-refractivity contribution in [1.82, 2.24) is 4.90 Å². The molecule has 14 heavy (non-hydrogen) atoms. The van der Waals surface area contributed by atoms with E-state index < -0.39 is 0 Å². The van der Waals surface area contributed by atoms with Crippen LogP contribution in [0.15, 0.2) is 16.6 Å². The Morgan fingerprint density at radius 1 is 1.50 bits per heavy atom. The van der Waals surface area contributed by atoms with Gasteiger partial charge >= 0.3 is 0 Å². The molecule has 0 saturated heterocycles. The summed E-state index contributed by atoms with van der Waals surface area (Å²) in [5, 5.41) is 0.596. The Hall–Kier alpha value is -0.120. The molecule has 0 aliphatic rings. The molecule has 0 amide bonds. The largest absolute Gasteiger partial charge is 0.302 e. The van der Waals surface area contributed by atoms with Gasteiger partial charge in [-0.2, -0.15) is 0 Å². The second-order valence-corrected chi connectivity index (χ2v) is 4.45. The molecule has 0 heterocycles. The summed E-state index contributed by atoms with van der Waals surface area (Å²) in [5.41, 5.74) is 0.816. The first-order valence-electron chi connectivity index (χ1n) is 4.36. The average molecular weight is 281 g/mol. The standard InChI is InChI=1S/C10H12BrClFN/c1-3-14(2)6-7-4-10(13)8(11)5-9(7)12/h4-5H,3,6H2,1-2H3. The first-order valence-corrected chi connectivity index (χ1v) is 5.53. The molecule has 0 unspecified atom stereocenters. The van der Waals surface area contributed by atoms with Gasteiger partial charge < -0.3 is 4.90 Å². The molecule has 0 saturated carbocycles. The molecule has 0 radical (unpaired) electrons. The van der Waals surface area contributed by atoms with Crippen LogP contribution in [0.1, 0.15) is 12.5 Å². The van der Waals surface area contributed by atoms with Crippen LogP contribution in [-0.4, -0.2) is 18.5 Å². The molecule has 0 bridgehead atoms. The zero-order valence-electron chi connectivity index (χ0n) is 8.15. The molecule has 0 spiro atoms. The minimum absolute atomic E-state index is 0.270. The maximum Gasteiger partial charge on any atom is 0.137 e. The van der Waals surface area contributed by atoms with Gasteiger partial charge in [0.1, 0.15) is 5.82 Å². The van der Waals surface area contributed by atoms with Gasteiger partial charge in [-0.1, -0.05) is 18.5 Å². The van der Waals surface area contributed by atoms with Crippen LogP contribution in [0.5, 0.6) is 0 Å². The monoisotopic (exact) mass is 279 g/mol. The fraction of sp³-hybridized carbons (Fsp3) is 0.400. The summed E-state index contributed by atoms with van der Waals surface area (Å²) in [6, 6.07) is 3.06. The lowest BCUT2D eigenvalue weighted by atomic mass is 10.2. The fourth-order valence-electron chi connectivity index (χ4n) is 1.09. The van der Waals surface area contributed by atoms with E-state index in [2.05, 4.69) is 20.8 Å². The maximum atomic E-state index is 13.2. The Morgan fingerprint density at radius 3 is 2.71 bits per heavy atom. The summed E-state index contributed by atoms with van der Waals surface area (Å²) in [5.74, 6) is -0.270. The third-order valence-corrected chi connectivity index (χ3v) is 3.03. The van der Waals surface area contributed by atoms with E-state index >= 15 is 0 Å². The summed E-state index contributed by atoms with van der Waals surface area (Å²) in [6.45, 7) is 3.62. The van der Waals surface area contributed by atoms with Crippen LogP contribution in [0.3, 0.4) is 0 Å². The summed E-state index contributed by atoms with van der Waals surface area (Å²) in [4.78, 5) is 2.06. The van der Waals surface area contributed by atoms with Gasteiger partial charge in [-0.3, -0.25) is 0 Å². The van der Waals surface area contributed by atoms with Crippen LogP contribution in [0.2, 0.25) is 5.02 Å². The smallest absolute Gasteiger partial charge is 0.137 e. The average Bonchev–Trinajstić information content (AvgIpc) is 2.14. The van der Waals surface area contributed by atoms with E-state index in [4.69, 9.17) is 11.6 Å². The van der Waals surface area contributed by atoms with Gasteiger partial charge in [0, 0.05) is 11.6 Å². The van der Waals surface area contributed by atoms with E-state index in [9.17, 15) is 4.39 Å². The van der Waals surface area contributed by atoms with Crippen molar-refractivity contribution < 1.29 is 4.39 Å². The second kappa shape index (κ2) is 5.10. The van der Waals surface area contributed by atoms with Crippen LogP contribution in [-0.2, 0) is 6.54 Å². The number of hydrogen-bond acceptors (Lipinski definition) is 1. The van der Waals surface area contributed by atoms with Crippen LogP contribution in [0, 0.1) is 5.82 Å². The molecule has 0 aliphatic carbocycles. The van der Waals surface area contributed by atoms with E-state index in [1.54, 1.807) is 6.07 Å². The van der Waals surface area contributed by atoms with E-state index in [1.165, 1.54) is 6.07 Å². The zero-order chi connectivity index (χ0) is 10.7. The quantitative estimate of drug-likeness (QED) is 0.763. The number of hydrogen-bond donors (Lipinski definition) is 0. The van der Waals surface area contributed by atoms with Crippen molar-refractivity contribution in [3.05, 3.63) is 33.0 Å². The van der Waals surface area contributed by atoms with Gasteiger partial charge in [0.15, 0.2) is 0 Å². The Bertz CT molecular complexity index is 330. The molecule has 1 aromatic carbocycles. The van der Waals surface area contributed by atoms with E-state index in [0.717, 1.165) is 12.1 Å². The fourth-order valence-corrected chi connectivity index (χ4v) is 1.79. The molecule has 1 nitrogen and oxygen atoms in total. The first-order chi connectivity index (χ1) is 6.54. The van der Waals surface area contributed by atoms with Gasteiger partial charge in [0.25, 0.3) is 0 Å². The Labute approximate surface area is 97.0 Å². The summed E-state index contributed by atoms with van der Waals surface area (Å²) in [7, 11) is 1.97. The first kappa shape index (κ1) is 12.0. The lowest BCUT2D eigenvalue weighted by Gasteiger charge is -2.15. The molecule has 0 atom stereocenters. The second-order valence-electron chi connectivity index (χ2n) is 3.19. The van der Waals surface area contributed by atoms with E-state index in [-0.39, 0.29) is 5.82 Å². The highest BCUT2D eigenvalue weighted by Gasteiger charge is 2.07. The molecule has 0 aliphatic heterocycles. The number of benzene rings is 1. The van der Waals surface area contributed by atoms with E-state index in [0.29, 0.717) is 16.0 Å². The normalized spacial score (nSPS) is 11.0. The number of halogens is 3. The topological polar surface area (TPSA) is 3.24 Å². The van der Waals surface area contributed by atoms with Crippen LogP contribution in [0.4, 0.5) is 4.39 Å². The van der Waals surface area contributed by atoms with Crippen LogP contribution in [0.25, 0.3) is 0 Å². The van der Waals surface area contributed by atoms with Crippen molar-refractivity contribution in [1.29, 1.82) is 0 Å². The predicted molar refractivity (Wildman–Crippen MR) is 61.1 cm³/mol. The van der Waals surface area contributed by atoms with Crippen molar-refractivity contribution in [3.8, 4) is 0 Å². The third kappa shape index (κ3) is 2.94. The lowest BCUT2D eigenvalue weighted by Crippen LogP contribution is -2.17. The Kier molecular flexibility index (Phi) is 4.35. The predicted octanol–water partition coefficient (Wildman–Crippen LogP) is 3.69. The van der Waals surface area contributed by atoms with Crippen LogP contribution < -0.4 is 0 Å². The van der Waals surface area contributed by atoms with Crippen molar-refractivity contribution in [2.24, 2.45) is 0 Å². The summed E-state index contributed by atoms with van der Waals surface area (Å²) >= 11 is 9.07. The molecule has 1 aromatic rings. The lowest BCUT2D eigenvalue weighted by molar-refractivity contribution is 0.345. The van der Waals surface area contributed by atoms with Crippen molar-refractivity contribution >= 4 is 27.5 Å². The van der Waals surface area contributed by atoms with Gasteiger partial charge in [0.05, 0.1) is 4.47 Å². The number of rotatable bonds is 3. The highest BCUT2D eigenvalue weighted by Crippen LogP contribution is 2.25. The summed E-state index contributed by atoms with van der Waals surface area (Å²) < 4.78 is 13.6. The molecule has 1 rings (SSSR count). The molecule has 0 N–H and O–H groups in total. The van der Waals surface area contributed by atoms with Crippen molar-refractivity contribution in [3.63, 3.8) is 0 Å². The van der Waals surface area contributed by atoms with Crippen molar-refractivity contribution in [2.45, 2.75) is 13.5 Å². The van der Waals surface area contributed by atoms with E-state index in [1.807, 2.05) is 14.0 Å². The molecular weight excluding hydrogens is 268 g/mol. The van der Waals surface area contributed by atoms with Gasteiger partial charge in [0.2, 0.25) is 0 Å². The molecule has 0 aromatic heterocycles. The number of nitrogens with zero attached hydrogens (tertiary/aromatic N) is 1. The minimum Gasteiger partial charge on any atom is -0.302 e. The highest BCUT2D eigenvalue weighted by atomic mass is 79.9.